The van der Waals surface area contributed by atoms with E-state index >= 15 is 0 Å². The summed E-state index contributed by atoms with van der Waals surface area (Å²) in [4.78, 5) is 31.3. The van der Waals surface area contributed by atoms with Crippen LogP contribution in [0.1, 0.15) is 23.2 Å². The predicted octanol–water partition coefficient (Wildman–Crippen LogP) is 4.44. The van der Waals surface area contributed by atoms with Gasteiger partial charge < -0.3 is 10.2 Å². The van der Waals surface area contributed by atoms with E-state index in [0.717, 1.165) is 11.3 Å². The van der Waals surface area contributed by atoms with E-state index in [1.54, 1.807) is 4.90 Å². The number of likely N-dealkylation sites (tertiary alicyclic amines) is 1. The Morgan fingerprint density at radius 3 is 2.41 bits per heavy atom. The second-order valence-corrected chi connectivity index (χ2v) is 7.82. The number of rotatable bonds is 4. The molecule has 0 spiro atoms. The molecule has 148 valence electrons. The number of benzene rings is 2. The first kappa shape index (κ1) is 19.3. The van der Waals surface area contributed by atoms with Gasteiger partial charge in [0.05, 0.1) is 5.69 Å². The molecule has 3 aromatic rings. The van der Waals surface area contributed by atoms with Gasteiger partial charge in [0.25, 0.3) is 5.91 Å². The van der Waals surface area contributed by atoms with E-state index in [4.69, 9.17) is 0 Å². The van der Waals surface area contributed by atoms with Crippen molar-refractivity contribution in [2.24, 2.45) is 5.92 Å². The van der Waals surface area contributed by atoms with Gasteiger partial charge in [-0.3, -0.25) is 9.59 Å². The minimum absolute atomic E-state index is 0.0622. The molecule has 1 aliphatic rings. The molecule has 1 N–H and O–H groups in total. The van der Waals surface area contributed by atoms with E-state index < -0.39 is 0 Å². The molecule has 0 atom stereocenters. The van der Waals surface area contributed by atoms with Gasteiger partial charge in [0, 0.05) is 35.5 Å². The van der Waals surface area contributed by atoms with Gasteiger partial charge in [-0.2, -0.15) is 0 Å². The van der Waals surface area contributed by atoms with Gasteiger partial charge in [-0.15, -0.1) is 11.3 Å². The Hall–Kier alpha value is -3.06. The molecule has 2 heterocycles. The number of carbonyl (C=O) groups excluding carboxylic acids is 2. The molecule has 0 saturated carbocycles. The summed E-state index contributed by atoms with van der Waals surface area (Å²) in [5.74, 6) is -0.713. The Morgan fingerprint density at radius 1 is 1.03 bits per heavy atom. The topological polar surface area (TPSA) is 62.3 Å². The van der Waals surface area contributed by atoms with Crippen LogP contribution < -0.4 is 5.32 Å². The number of hydrogen-bond acceptors (Lipinski definition) is 4. The third-order valence-electron chi connectivity index (χ3n) is 5.05. The highest BCUT2D eigenvalue weighted by Gasteiger charge is 2.28. The van der Waals surface area contributed by atoms with E-state index in [9.17, 15) is 14.0 Å². The number of carbonyl (C=O) groups is 2. The van der Waals surface area contributed by atoms with Crippen molar-refractivity contribution in [3.8, 4) is 11.3 Å². The molecule has 0 radical (unpaired) electrons. The van der Waals surface area contributed by atoms with Crippen molar-refractivity contribution in [1.82, 2.24) is 9.88 Å². The van der Waals surface area contributed by atoms with Crippen LogP contribution in [0.5, 0.6) is 0 Å². The normalized spacial score (nSPS) is 14.6. The van der Waals surface area contributed by atoms with Crippen molar-refractivity contribution in [2.45, 2.75) is 12.8 Å². The highest BCUT2D eigenvalue weighted by molar-refractivity contribution is 7.14. The second-order valence-electron chi connectivity index (χ2n) is 6.97. The number of thiazole rings is 1. The van der Waals surface area contributed by atoms with Crippen LogP contribution in [0.3, 0.4) is 0 Å². The number of hydrogen-bond donors (Lipinski definition) is 1. The summed E-state index contributed by atoms with van der Waals surface area (Å²) < 4.78 is 13.0. The van der Waals surface area contributed by atoms with E-state index in [2.05, 4.69) is 10.3 Å². The quantitative estimate of drug-likeness (QED) is 0.693. The van der Waals surface area contributed by atoms with Gasteiger partial charge in [-0.05, 0) is 37.1 Å². The zero-order valence-electron chi connectivity index (χ0n) is 15.7. The lowest BCUT2D eigenvalue weighted by Crippen LogP contribution is -2.41. The summed E-state index contributed by atoms with van der Waals surface area (Å²) in [6.45, 7) is 1.00. The summed E-state index contributed by atoms with van der Waals surface area (Å²) in [6.07, 6.45) is 1.19. The molecule has 29 heavy (non-hydrogen) atoms. The molecule has 7 heteroatoms. The number of halogens is 1. The monoisotopic (exact) mass is 409 g/mol. The molecule has 1 saturated heterocycles. The SMILES string of the molecule is O=C(Nc1nc(-c2ccccc2)cs1)C1CCN(C(=O)c2ccc(F)cc2)CC1. The summed E-state index contributed by atoms with van der Waals surface area (Å²) in [5.41, 5.74) is 2.31. The lowest BCUT2D eigenvalue weighted by molar-refractivity contribution is -0.121. The third kappa shape index (κ3) is 4.51. The summed E-state index contributed by atoms with van der Waals surface area (Å²) >= 11 is 1.40. The molecule has 2 aromatic carbocycles. The van der Waals surface area contributed by atoms with E-state index in [1.165, 1.54) is 35.6 Å². The summed E-state index contributed by atoms with van der Waals surface area (Å²) in [7, 11) is 0. The Kier molecular flexibility index (Phi) is 5.67. The Morgan fingerprint density at radius 2 is 1.72 bits per heavy atom. The van der Waals surface area contributed by atoms with Crippen LogP contribution in [0.15, 0.2) is 60.0 Å². The number of piperidine rings is 1. The van der Waals surface area contributed by atoms with Gasteiger partial charge >= 0.3 is 0 Å². The van der Waals surface area contributed by atoms with Crippen molar-refractivity contribution >= 4 is 28.3 Å². The highest BCUT2D eigenvalue weighted by atomic mass is 32.1. The van der Waals surface area contributed by atoms with Crippen molar-refractivity contribution in [1.29, 1.82) is 0 Å². The first-order valence-electron chi connectivity index (χ1n) is 9.47. The van der Waals surface area contributed by atoms with Gasteiger partial charge in [0.1, 0.15) is 5.82 Å². The van der Waals surface area contributed by atoms with Crippen LogP contribution in [0.4, 0.5) is 9.52 Å². The van der Waals surface area contributed by atoms with Crippen LogP contribution in [0.2, 0.25) is 0 Å². The van der Waals surface area contributed by atoms with Crippen LogP contribution in [0, 0.1) is 11.7 Å². The zero-order valence-corrected chi connectivity index (χ0v) is 16.5. The molecule has 2 amide bonds. The molecule has 5 nitrogen and oxygen atoms in total. The molecule has 1 fully saturated rings. The van der Waals surface area contributed by atoms with E-state index in [1.807, 2.05) is 35.7 Å². The number of amides is 2. The van der Waals surface area contributed by atoms with Crippen molar-refractivity contribution in [3.05, 3.63) is 71.4 Å². The molecular formula is C22H20FN3O2S. The standard InChI is InChI=1S/C22H20FN3O2S/c23-18-8-6-17(7-9-18)21(28)26-12-10-16(11-13-26)20(27)25-22-24-19(14-29-22)15-4-2-1-3-5-15/h1-9,14,16H,10-13H2,(H,24,25,27). The lowest BCUT2D eigenvalue weighted by atomic mass is 9.95. The largest absolute Gasteiger partial charge is 0.339 e. The average molecular weight is 409 g/mol. The minimum Gasteiger partial charge on any atom is -0.339 e. The van der Waals surface area contributed by atoms with E-state index in [-0.39, 0.29) is 23.5 Å². The predicted molar refractivity (Wildman–Crippen MR) is 111 cm³/mol. The number of nitrogens with one attached hydrogen (secondary N) is 1. The third-order valence-corrected chi connectivity index (χ3v) is 5.81. The summed E-state index contributed by atoms with van der Waals surface area (Å²) in [6, 6.07) is 15.4. The van der Waals surface area contributed by atoms with Crippen molar-refractivity contribution < 1.29 is 14.0 Å². The fourth-order valence-corrected chi connectivity index (χ4v) is 4.12. The molecule has 0 unspecified atom stereocenters. The molecule has 1 aliphatic heterocycles. The van der Waals surface area contributed by atoms with Crippen LogP contribution in [-0.2, 0) is 4.79 Å². The molecule has 4 rings (SSSR count). The smallest absolute Gasteiger partial charge is 0.253 e. The maximum absolute atomic E-state index is 13.0. The fraction of sp³-hybridized carbons (Fsp3) is 0.227. The van der Waals surface area contributed by atoms with Gasteiger partial charge in [-0.25, -0.2) is 9.37 Å². The first-order chi connectivity index (χ1) is 14.1. The molecule has 1 aromatic heterocycles. The zero-order chi connectivity index (χ0) is 20.2. The van der Waals surface area contributed by atoms with Gasteiger partial charge in [0.15, 0.2) is 5.13 Å². The van der Waals surface area contributed by atoms with Crippen LogP contribution >= 0.6 is 11.3 Å². The van der Waals surface area contributed by atoms with Crippen LogP contribution in [-0.4, -0.2) is 34.8 Å². The fourth-order valence-electron chi connectivity index (χ4n) is 3.40. The number of anilines is 1. The minimum atomic E-state index is -0.366. The number of nitrogens with zero attached hydrogens (tertiary/aromatic N) is 2. The second kappa shape index (κ2) is 8.53. The molecule has 0 aliphatic carbocycles. The summed E-state index contributed by atoms with van der Waals surface area (Å²) in [5, 5.41) is 5.41. The number of aromatic nitrogens is 1. The van der Waals surface area contributed by atoms with Crippen molar-refractivity contribution in [3.63, 3.8) is 0 Å². The highest BCUT2D eigenvalue weighted by Crippen LogP contribution is 2.26. The molecule has 0 bridgehead atoms. The van der Waals surface area contributed by atoms with Crippen molar-refractivity contribution in [2.75, 3.05) is 18.4 Å². The average Bonchev–Trinajstić information content (AvgIpc) is 3.23. The maximum Gasteiger partial charge on any atom is 0.253 e. The lowest BCUT2D eigenvalue weighted by Gasteiger charge is -2.31. The van der Waals surface area contributed by atoms with Crippen LogP contribution in [0.25, 0.3) is 11.3 Å². The Balaban J connectivity index is 1.32. The van der Waals surface area contributed by atoms with E-state index in [0.29, 0.717) is 36.6 Å². The van der Waals surface area contributed by atoms with Gasteiger partial charge in [0.2, 0.25) is 5.91 Å². The van der Waals surface area contributed by atoms with Gasteiger partial charge in [-0.1, -0.05) is 30.3 Å². The molecular weight excluding hydrogens is 389 g/mol. The first-order valence-corrected chi connectivity index (χ1v) is 10.3. The maximum atomic E-state index is 13.0. The Bertz CT molecular complexity index is 996. The Labute approximate surface area is 172 Å².